The Morgan fingerprint density at radius 2 is 2.00 bits per heavy atom. The quantitative estimate of drug-likeness (QED) is 0.913. The molecule has 23 heavy (non-hydrogen) atoms. The van der Waals surface area contributed by atoms with Gasteiger partial charge < -0.3 is 10.6 Å². The maximum absolute atomic E-state index is 12.8. The summed E-state index contributed by atoms with van der Waals surface area (Å²) in [7, 11) is 0. The van der Waals surface area contributed by atoms with Gasteiger partial charge in [0, 0.05) is 18.9 Å². The van der Waals surface area contributed by atoms with Crippen molar-refractivity contribution in [3.63, 3.8) is 0 Å². The van der Waals surface area contributed by atoms with E-state index in [1.807, 2.05) is 30.3 Å². The number of hydrogen-bond donors (Lipinski definition) is 1. The molecule has 2 amide bonds. The molecular formula is C17H18N4O2. The molecule has 1 unspecified atom stereocenters. The van der Waals surface area contributed by atoms with Crippen LogP contribution < -0.4 is 5.73 Å². The molecule has 1 saturated heterocycles. The molecule has 0 saturated carbocycles. The van der Waals surface area contributed by atoms with Crippen molar-refractivity contribution in [3.8, 4) is 0 Å². The van der Waals surface area contributed by atoms with Crippen molar-refractivity contribution < 1.29 is 9.59 Å². The van der Waals surface area contributed by atoms with E-state index in [9.17, 15) is 9.59 Å². The molecule has 3 rings (SSSR count). The van der Waals surface area contributed by atoms with E-state index in [0.29, 0.717) is 25.1 Å². The number of carbonyl (C=O) groups is 2. The number of amides is 2. The molecule has 6 heteroatoms. The Hall–Kier alpha value is -2.76. The van der Waals surface area contributed by atoms with Crippen molar-refractivity contribution in [2.24, 2.45) is 5.73 Å². The molecule has 0 spiro atoms. The normalized spacial score (nSPS) is 20.4. The van der Waals surface area contributed by atoms with Crippen molar-refractivity contribution in [2.75, 3.05) is 6.54 Å². The van der Waals surface area contributed by atoms with E-state index in [-0.39, 0.29) is 12.3 Å². The van der Waals surface area contributed by atoms with Crippen molar-refractivity contribution in [3.05, 3.63) is 60.2 Å². The van der Waals surface area contributed by atoms with Gasteiger partial charge >= 0.3 is 0 Å². The SMILES string of the molecule is NC(=O)C1(c2cnccn2)CCCN1C(=O)Cc1ccccc1. The average molecular weight is 310 g/mol. The van der Waals surface area contributed by atoms with Crippen LogP contribution in [0.25, 0.3) is 0 Å². The Bertz CT molecular complexity index is 705. The van der Waals surface area contributed by atoms with Crippen LogP contribution in [-0.2, 0) is 21.5 Å². The highest BCUT2D eigenvalue weighted by atomic mass is 16.2. The summed E-state index contributed by atoms with van der Waals surface area (Å²) in [5, 5.41) is 0. The molecule has 1 aliphatic heterocycles. The first kappa shape index (κ1) is 15.1. The molecule has 118 valence electrons. The standard InChI is InChI=1S/C17H18N4O2/c18-16(23)17(14-12-19-8-9-20-14)7-4-10-21(17)15(22)11-13-5-2-1-3-6-13/h1-3,5-6,8-9,12H,4,7,10-11H2,(H2,18,23). The van der Waals surface area contributed by atoms with Crippen LogP contribution in [0.4, 0.5) is 0 Å². The Kier molecular flexibility index (Phi) is 4.06. The Labute approximate surface area is 134 Å². The molecule has 0 aliphatic carbocycles. The second-order valence-electron chi connectivity index (χ2n) is 5.63. The molecule has 1 fully saturated rings. The molecular weight excluding hydrogens is 292 g/mol. The molecule has 1 aliphatic rings. The van der Waals surface area contributed by atoms with Gasteiger partial charge in [-0.15, -0.1) is 0 Å². The average Bonchev–Trinajstić information content (AvgIpc) is 3.03. The molecule has 2 aromatic rings. The van der Waals surface area contributed by atoms with E-state index in [4.69, 9.17) is 5.73 Å². The minimum absolute atomic E-state index is 0.127. The summed E-state index contributed by atoms with van der Waals surface area (Å²) in [4.78, 5) is 34.9. The number of likely N-dealkylation sites (tertiary alicyclic amines) is 1. The predicted octanol–water partition coefficient (Wildman–Crippen LogP) is 1.02. The number of nitrogens with two attached hydrogens (primary N) is 1. The van der Waals surface area contributed by atoms with Gasteiger partial charge in [-0.2, -0.15) is 0 Å². The highest BCUT2D eigenvalue weighted by Gasteiger charge is 2.51. The molecule has 0 bridgehead atoms. The minimum Gasteiger partial charge on any atom is -0.367 e. The van der Waals surface area contributed by atoms with E-state index in [1.165, 1.54) is 18.6 Å². The summed E-state index contributed by atoms with van der Waals surface area (Å²) in [6, 6.07) is 9.45. The highest BCUT2D eigenvalue weighted by molar-refractivity contribution is 5.92. The molecule has 1 aromatic carbocycles. The second-order valence-corrected chi connectivity index (χ2v) is 5.63. The summed E-state index contributed by atoms with van der Waals surface area (Å²) >= 11 is 0. The Morgan fingerprint density at radius 1 is 1.22 bits per heavy atom. The first-order chi connectivity index (χ1) is 11.1. The fraction of sp³-hybridized carbons (Fsp3) is 0.294. The number of carbonyl (C=O) groups excluding carboxylic acids is 2. The number of nitrogens with zero attached hydrogens (tertiary/aromatic N) is 3. The molecule has 2 N–H and O–H groups in total. The Morgan fingerprint density at radius 3 is 2.65 bits per heavy atom. The molecule has 0 radical (unpaired) electrons. The highest BCUT2D eigenvalue weighted by Crippen LogP contribution is 2.37. The van der Waals surface area contributed by atoms with E-state index in [0.717, 1.165) is 5.56 Å². The van der Waals surface area contributed by atoms with Crippen LogP contribution in [0, 0.1) is 0 Å². The maximum Gasteiger partial charge on any atom is 0.249 e. The molecule has 2 heterocycles. The van der Waals surface area contributed by atoms with Crippen LogP contribution in [0.3, 0.4) is 0 Å². The summed E-state index contributed by atoms with van der Waals surface area (Å²) < 4.78 is 0. The maximum atomic E-state index is 12.8. The fourth-order valence-electron chi connectivity index (χ4n) is 3.18. The number of rotatable bonds is 4. The van der Waals surface area contributed by atoms with E-state index >= 15 is 0 Å². The van der Waals surface area contributed by atoms with Gasteiger partial charge in [0.25, 0.3) is 0 Å². The van der Waals surface area contributed by atoms with Crippen LogP contribution in [0.1, 0.15) is 24.1 Å². The lowest BCUT2D eigenvalue weighted by Crippen LogP contribution is -2.54. The number of benzene rings is 1. The van der Waals surface area contributed by atoms with Crippen molar-refractivity contribution in [1.82, 2.24) is 14.9 Å². The van der Waals surface area contributed by atoms with E-state index < -0.39 is 11.4 Å². The number of primary amides is 1. The van der Waals surface area contributed by atoms with E-state index in [2.05, 4.69) is 9.97 Å². The van der Waals surface area contributed by atoms with Crippen molar-refractivity contribution >= 4 is 11.8 Å². The number of aromatic nitrogens is 2. The van der Waals surface area contributed by atoms with Crippen molar-refractivity contribution in [2.45, 2.75) is 24.8 Å². The summed E-state index contributed by atoms with van der Waals surface area (Å²) in [6.45, 7) is 0.491. The largest absolute Gasteiger partial charge is 0.367 e. The fourth-order valence-corrected chi connectivity index (χ4v) is 3.18. The van der Waals surface area contributed by atoms with Crippen LogP contribution in [-0.4, -0.2) is 33.2 Å². The molecule has 1 aromatic heterocycles. The third kappa shape index (κ3) is 2.67. The lowest BCUT2D eigenvalue weighted by atomic mass is 9.90. The zero-order valence-corrected chi connectivity index (χ0v) is 12.7. The van der Waals surface area contributed by atoms with Gasteiger partial charge in [0.2, 0.25) is 11.8 Å². The predicted molar refractivity (Wildman–Crippen MR) is 84.0 cm³/mol. The smallest absolute Gasteiger partial charge is 0.249 e. The second kappa shape index (κ2) is 6.16. The summed E-state index contributed by atoms with van der Waals surface area (Å²) in [5.74, 6) is -0.685. The van der Waals surface area contributed by atoms with Gasteiger partial charge in [-0.25, -0.2) is 0 Å². The third-order valence-electron chi connectivity index (χ3n) is 4.27. The van der Waals surface area contributed by atoms with Gasteiger partial charge in [-0.1, -0.05) is 30.3 Å². The minimum atomic E-state index is -1.19. The number of hydrogen-bond acceptors (Lipinski definition) is 4. The van der Waals surface area contributed by atoms with Gasteiger partial charge in [0.05, 0.1) is 18.3 Å². The van der Waals surface area contributed by atoms with Gasteiger partial charge in [-0.3, -0.25) is 19.6 Å². The van der Waals surface area contributed by atoms with Crippen molar-refractivity contribution in [1.29, 1.82) is 0 Å². The zero-order valence-electron chi connectivity index (χ0n) is 12.7. The zero-order chi connectivity index (χ0) is 16.3. The van der Waals surface area contributed by atoms with Crippen LogP contribution in [0.2, 0.25) is 0 Å². The Balaban J connectivity index is 1.94. The topological polar surface area (TPSA) is 89.2 Å². The van der Waals surface area contributed by atoms with Gasteiger partial charge in [0.15, 0.2) is 5.54 Å². The monoisotopic (exact) mass is 310 g/mol. The van der Waals surface area contributed by atoms with Crippen LogP contribution >= 0.6 is 0 Å². The summed E-state index contributed by atoms with van der Waals surface area (Å²) in [5.41, 5.74) is 5.83. The molecule has 6 nitrogen and oxygen atoms in total. The van der Waals surface area contributed by atoms with Gasteiger partial charge in [-0.05, 0) is 18.4 Å². The summed E-state index contributed by atoms with van der Waals surface area (Å²) in [6.07, 6.45) is 5.97. The van der Waals surface area contributed by atoms with Gasteiger partial charge in [0.1, 0.15) is 0 Å². The third-order valence-corrected chi connectivity index (χ3v) is 4.27. The van der Waals surface area contributed by atoms with E-state index in [1.54, 1.807) is 4.90 Å². The lowest BCUT2D eigenvalue weighted by Gasteiger charge is -2.35. The van der Waals surface area contributed by atoms with Crippen LogP contribution in [0.5, 0.6) is 0 Å². The molecule has 1 atom stereocenters. The lowest BCUT2D eigenvalue weighted by molar-refractivity contribution is -0.144. The van der Waals surface area contributed by atoms with Crippen LogP contribution in [0.15, 0.2) is 48.9 Å². The first-order valence-electron chi connectivity index (χ1n) is 7.55. The first-order valence-corrected chi connectivity index (χ1v) is 7.55.